The van der Waals surface area contributed by atoms with Crippen LogP contribution in [0.2, 0.25) is 0 Å². The molecule has 1 saturated heterocycles. The fourth-order valence-electron chi connectivity index (χ4n) is 3.98. The lowest BCUT2D eigenvalue weighted by Gasteiger charge is -2.36. The number of anilines is 1. The molecule has 0 aromatic heterocycles. The number of hydrogen-bond acceptors (Lipinski definition) is 6. The highest BCUT2D eigenvalue weighted by molar-refractivity contribution is 6.46. The van der Waals surface area contributed by atoms with Crippen molar-refractivity contribution in [2.45, 2.75) is 18.5 Å². The Labute approximate surface area is 185 Å². The number of ether oxygens (including phenoxy) is 2. The Morgan fingerprint density at radius 2 is 1.88 bits per heavy atom. The molecule has 0 unspecified atom stereocenters. The summed E-state index contributed by atoms with van der Waals surface area (Å²) in [6, 6.07) is 10.9. The third-order valence-corrected chi connectivity index (χ3v) is 5.74. The fourth-order valence-corrected chi connectivity index (χ4v) is 3.98. The number of halogens is 1. The van der Waals surface area contributed by atoms with Crippen molar-refractivity contribution >= 4 is 23.2 Å². The van der Waals surface area contributed by atoms with Crippen LogP contribution in [0.3, 0.4) is 0 Å². The fraction of sp³-hybridized carbons (Fsp3) is 0.348. The summed E-state index contributed by atoms with van der Waals surface area (Å²) in [5.41, 5.74) is 0.815. The van der Waals surface area contributed by atoms with Crippen molar-refractivity contribution in [1.29, 1.82) is 0 Å². The number of carbonyl (C=O) groups excluding carboxylic acids is 2. The van der Waals surface area contributed by atoms with Crippen LogP contribution in [-0.2, 0) is 9.59 Å². The number of nitrogens with zero attached hydrogens (tertiary/aromatic N) is 2. The maximum atomic E-state index is 13.2. The van der Waals surface area contributed by atoms with Crippen LogP contribution in [0.15, 0.2) is 47.5 Å². The molecule has 0 radical (unpaired) electrons. The molecule has 1 spiro atoms. The average Bonchev–Trinajstić information content (AvgIpc) is 3.12. The zero-order valence-electron chi connectivity index (χ0n) is 18.0. The number of benzene rings is 2. The van der Waals surface area contributed by atoms with Gasteiger partial charge in [-0.05, 0) is 36.4 Å². The van der Waals surface area contributed by atoms with E-state index in [1.54, 1.807) is 37.4 Å². The molecule has 168 valence electrons. The summed E-state index contributed by atoms with van der Waals surface area (Å²) in [5.74, 6) is 0.387. The van der Waals surface area contributed by atoms with Crippen molar-refractivity contribution in [2.75, 3.05) is 39.2 Å². The molecule has 2 aromatic rings. The second kappa shape index (κ2) is 8.96. The summed E-state index contributed by atoms with van der Waals surface area (Å²) < 4.78 is 23.7. The molecule has 4 rings (SSSR count). The topological polar surface area (TPSA) is 92.3 Å². The lowest BCUT2D eigenvalue weighted by Crippen LogP contribution is -2.52. The quantitative estimate of drug-likeness (QED) is 0.719. The normalized spacial score (nSPS) is 17.6. The lowest BCUT2D eigenvalue weighted by atomic mass is 9.98. The van der Waals surface area contributed by atoms with E-state index in [1.807, 2.05) is 4.90 Å². The molecule has 2 amide bonds. The molecular formula is C23H25FN4O4. The van der Waals surface area contributed by atoms with E-state index < -0.39 is 5.66 Å². The summed E-state index contributed by atoms with van der Waals surface area (Å²) in [6.07, 6.45) is 1.17. The highest BCUT2D eigenvalue weighted by atomic mass is 19.1. The molecule has 0 bridgehead atoms. The Kier molecular flexibility index (Phi) is 6.09. The van der Waals surface area contributed by atoms with Gasteiger partial charge in [-0.2, -0.15) is 0 Å². The molecule has 2 aliphatic heterocycles. The first kappa shape index (κ1) is 21.8. The largest absolute Gasteiger partial charge is 0.497 e. The average molecular weight is 440 g/mol. The van der Waals surface area contributed by atoms with Gasteiger partial charge in [0.2, 0.25) is 5.91 Å². The number of methoxy groups -OCH3 is 2. The van der Waals surface area contributed by atoms with Crippen molar-refractivity contribution < 1.29 is 23.5 Å². The lowest BCUT2D eigenvalue weighted by molar-refractivity contribution is -0.119. The van der Waals surface area contributed by atoms with Crippen molar-refractivity contribution in [3.63, 3.8) is 0 Å². The first-order valence-electron chi connectivity index (χ1n) is 10.3. The van der Waals surface area contributed by atoms with E-state index in [1.165, 1.54) is 19.2 Å². The van der Waals surface area contributed by atoms with E-state index in [9.17, 15) is 14.0 Å². The Balaban J connectivity index is 1.35. The monoisotopic (exact) mass is 440 g/mol. The molecule has 0 aliphatic carbocycles. The summed E-state index contributed by atoms with van der Waals surface area (Å²) in [5, 5.41) is 5.85. The van der Waals surface area contributed by atoms with Crippen LogP contribution >= 0.6 is 0 Å². The Morgan fingerprint density at radius 3 is 2.53 bits per heavy atom. The number of rotatable bonds is 6. The molecule has 9 heteroatoms. The molecule has 2 N–H and O–H groups in total. The minimum absolute atomic E-state index is 0.157. The Morgan fingerprint density at radius 1 is 1.16 bits per heavy atom. The molecule has 1 fully saturated rings. The van der Waals surface area contributed by atoms with Crippen LogP contribution in [0.5, 0.6) is 11.5 Å². The standard InChI is InChI=1S/C23H25FN4O4/c1-31-17-7-8-18(19(13-17)32-2)25-20(29)14-28-11-9-23(10-12-28)26-21(22(30)27-23)15-3-5-16(24)6-4-15/h3-8,13H,9-12,14H2,1-2H3,(H,25,29)(H,27,30). The minimum Gasteiger partial charge on any atom is -0.497 e. The van der Waals surface area contributed by atoms with E-state index in [0.29, 0.717) is 54.4 Å². The van der Waals surface area contributed by atoms with Crippen LogP contribution in [0, 0.1) is 5.82 Å². The van der Waals surface area contributed by atoms with E-state index in [-0.39, 0.29) is 24.2 Å². The second-order valence-electron chi connectivity index (χ2n) is 7.84. The predicted octanol–water partition coefficient (Wildman–Crippen LogP) is 2.19. The van der Waals surface area contributed by atoms with Gasteiger partial charge in [-0.3, -0.25) is 19.5 Å². The zero-order chi connectivity index (χ0) is 22.7. The summed E-state index contributed by atoms with van der Waals surface area (Å²) >= 11 is 0. The second-order valence-corrected chi connectivity index (χ2v) is 7.84. The Bertz CT molecular complexity index is 1050. The number of hydrogen-bond donors (Lipinski definition) is 2. The molecule has 2 heterocycles. The Hall–Kier alpha value is -3.46. The number of amides is 2. The maximum Gasteiger partial charge on any atom is 0.272 e. The molecule has 0 atom stereocenters. The summed E-state index contributed by atoms with van der Waals surface area (Å²) in [6.45, 7) is 1.43. The van der Waals surface area contributed by atoms with Crippen molar-refractivity contribution in [1.82, 2.24) is 10.2 Å². The van der Waals surface area contributed by atoms with Gasteiger partial charge in [-0.25, -0.2) is 4.39 Å². The van der Waals surface area contributed by atoms with Gasteiger partial charge in [0, 0.05) is 37.6 Å². The molecule has 0 saturated carbocycles. The molecular weight excluding hydrogens is 415 g/mol. The van der Waals surface area contributed by atoms with Crippen LogP contribution in [-0.4, -0.2) is 61.9 Å². The van der Waals surface area contributed by atoms with Gasteiger partial charge < -0.3 is 20.1 Å². The van der Waals surface area contributed by atoms with Gasteiger partial charge in [0.15, 0.2) is 0 Å². The number of likely N-dealkylation sites (tertiary alicyclic amines) is 1. The van der Waals surface area contributed by atoms with Crippen LogP contribution < -0.4 is 20.1 Å². The van der Waals surface area contributed by atoms with E-state index in [0.717, 1.165) is 0 Å². The van der Waals surface area contributed by atoms with Crippen LogP contribution in [0.1, 0.15) is 18.4 Å². The predicted molar refractivity (Wildman–Crippen MR) is 118 cm³/mol. The van der Waals surface area contributed by atoms with Gasteiger partial charge in [-0.15, -0.1) is 0 Å². The first-order chi connectivity index (χ1) is 15.4. The SMILES string of the molecule is COc1ccc(NC(=O)CN2CCC3(CC2)N=C(c2ccc(F)cc2)C(=O)N3)c(OC)c1. The summed E-state index contributed by atoms with van der Waals surface area (Å²) in [4.78, 5) is 31.7. The van der Waals surface area contributed by atoms with Crippen molar-refractivity contribution in [3.8, 4) is 11.5 Å². The minimum atomic E-state index is -0.674. The number of piperidine rings is 1. The van der Waals surface area contributed by atoms with E-state index >= 15 is 0 Å². The van der Waals surface area contributed by atoms with Gasteiger partial charge >= 0.3 is 0 Å². The van der Waals surface area contributed by atoms with Gasteiger partial charge in [-0.1, -0.05) is 0 Å². The highest BCUT2D eigenvalue weighted by Gasteiger charge is 2.42. The zero-order valence-corrected chi connectivity index (χ0v) is 18.0. The van der Waals surface area contributed by atoms with Crippen LogP contribution in [0.25, 0.3) is 0 Å². The van der Waals surface area contributed by atoms with Crippen LogP contribution in [0.4, 0.5) is 10.1 Å². The first-order valence-corrected chi connectivity index (χ1v) is 10.3. The van der Waals surface area contributed by atoms with Crippen molar-refractivity contribution in [2.24, 2.45) is 4.99 Å². The van der Waals surface area contributed by atoms with Gasteiger partial charge in [0.1, 0.15) is 28.7 Å². The molecule has 2 aliphatic rings. The molecule has 32 heavy (non-hydrogen) atoms. The molecule has 8 nitrogen and oxygen atoms in total. The van der Waals surface area contributed by atoms with E-state index in [2.05, 4.69) is 15.6 Å². The number of nitrogens with one attached hydrogen (secondary N) is 2. The highest BCUT2D eigenvalue weighted by Crippen LogP contribution is 2.30. The smallest absolute Gasteiger partial charge is 0.272 e. The third kappa shape index (κ3) is 4.57. The molecule has 2 aromatic carbocycles. The van der Waals surface area contributed by atoms with Gasteiger partial charge in [0.25, 0.3) is 5.91 Å². The summed E-state index contributed by atoms with van der Waals surface area (Å²) in [7, 11) is 3.10. The third-order valence-electron chi connectivity index (χ3n) is 5.74. The number of carbonyl (C=O) groups is 2. The maximum absolute atomic E-state index is 13.2. The van der Waals surface area contributed by atoms with E-state index in [4.69, 9.17) is 9.47 Å². The van der Waals surface area contributed by atoms with Crippen molar-refractivity contribution in [3.05, 3.63) is 53.8 Å². The number of aliphatic imine (C=N–C) groups is 1. The van der Waals surface area contributed by atoms with Gasteiger partial charge in [0.05, 0.1) is 26.5 Å².